The first-order chi connectivity index (χ1) is 8.93. The molecule has 0 aromatic heterocycles. The molecule has 0 saturated carbocycles. The summed E-state index contributed by atoms with van der Waals surface area (Å²) in [6.07, 6.45) is 0. The van der Waals surface area contributed by atoms with Crippen LogP contribution in [0, 0.1) is 10.1 Å². The molecule has 102 valence electrons. The molecule has 0 amide bonds. The topological polar surface area (TPSA) is 76.4 Å². The summed E-state index contributed by atoms with van der Waals surface area (Å²) in [4.78, 5) is 10.3. The number of nitro groups is 1. The van der Waals surface area contributed by atoms with Crippen LogP contribution < -0.4 is 15.4 Å². The summed E-state index contributed by atoms with van der Waals surface area (Å²) >= 11 is 5.08. The number of hydrogen-bond donors (Lipinski definition) is 2. The van der Waals surface area contributed by atoms with Crippen molar-refractivity contribution >= 4 is 28.7 Å². The van der Waals surface area contributed by atoms with Gasteiger partial charge in [0.25, 0.3) is 5.69 Å². The second-order valence-corrected chi connectivity index (χ2v) is 4.31. The van der Waals surface area contributed by atoms with E-state index in [0.717, 1.165) is 5.57 Å². The van der Waals surface area contributed by atoms with E-state index in [4.69, 9.17) is 17.0 Å². The van der Waals surface area contributed by atoms with Gasteiger partial charge in [0, 0.05) is 18.7 Å². The zero-order valence-electron chi connectivity index (χ0n) is 10.7. The molecule has 6 nitrogen and oxygen atoms in total. The molecule has 0 radical (unpaired) electrons. The number of benzene rings is 1. The van der Waals surface area contributed by atoms with Gasteiger partial charge in [-0.3, -0.25) is 10.1 Å². The zero-order valence-corrected chi connectivity index (χ0v) is 11.5. The number of nitrogens with one attached hydrogen (secondary N) is 2. The van der Waals surface area contributed by atoms with Crippen molar-refractivity contribution < 1.29 is 9.66 Å². The van der Waals surface area contributed by atoms with E-state index in [2.05, 4.69) is 17.2 Å². The van der Waals surface area contributed by atoms with E-state index in [1.165, 1.54) is 25.3 Å². The standard InChI is InChI=1S/C12H15N3O3S/c1-8(2)7-13-12(19)14-10-6-9(15(16)17)4-5-11(10)18-3/h4-6H,1,7H2,2-3H3,(H2,13,14,19). The minimum Gasteiger partial charge on any atom is -0.495 e. The first-order valence-electron chi connectivity index (χ1n) is 5.45. The van der Waals surface area contributed by atoms with Gasteiger partial charge in [-0.1, -0.05) is 12.2 Å². The van der Waals surface area contributed by atoms with Crippen molar-refractivity contribution in [1.82, 2.24) is 5.32 Å². The van der Waals surface area contributed by atoms with Crippen molar-refractivity contribution in [2.45, 2.75) is 6.92 Å². The molecule has 2 N–H and O–H groups in total. The maximum atomic E-state index is 10.7. The largest absolute Gasteiger partial charge is 0.495 e. The van der Waals surface area contributed by atoms with Crippen LogP contribution in [0.1, 0.15) is 6.92 Å². The number of rotatable bonds is 5. The molecule has 0 spiro atoms. The van der Waals surface area contributed by atoms with Crippen LogP contribution in [0.2, 0.25) is 0 Å². The number of methoxy groups -OCH3 is 1. The number of anilines is 1. The Morgan fingerprint density at radius 1 is 1.58 bits per heavy atom. The smallest absolute Gasteiger partial charge is 0.271 e. The maximum Gasteiger partial charge on any atom is 0.271 e. The van der Waals surface area contributed by atoms with E-state index in [1.807, 2.05) is 6.92 Å². The Bertz CT molecular complexity index is 517. The van der Waals surface area contributed by atoms with Gasteiger partial charge in [0.15, 0.2) is 5.11 Å². The van der Waals surface area contributed by atoms with Crippen molar-refractivity contribution in [1.29, 1.82) is 0 Å². The average molecular weight is 281 g/mol. The lowest BCUT2D eigenvalue weighted by atomic mass is 10.2. The molecule has 0 fully saturated rings. The van der Waals surface area contributed by atoms with E-state index >= 15 is 0 Å². The summed E-state index contributed by atoms with van der Waals surface area (Å²) in [7, 11) is 1.48. The van der Waals surface area contributed by atoms with Crippen LogP contribution in [0.4, 0.5) is 11.4 Å². The molecule has 0 aliphatic carbocycles. The average Bonchev–Trinajstić information content (AvgIpc) is 2.36. The number of ether oxygens (including phenoxy) is 1. The highest BCUT2D eigenvalue weighted by molar-refractivity contribution is 7.80. The van der Waals surface area contributed by atoms with Crippen molar-refractivity contribution in [2.75, 3.05) is 19.0 Å². The fourth-order valence-corrected chi connectivity index (χ4v) is 1.49. The lowest BCUT2D eigenvalue weighted by molar-refractivity contribution is -0.384. The third-order valence-corrected chi connectivity index (χ3v) is 2.44. The van der Waals surface area contributed by atoms with Gasteiger partial charge in [0.2, 0.25) is 0 Å². The fraction of sp³-hybridized carbons (Fsp3) is 0.250. The van der Waals surface area contributed by atoms with E-state index in [1.54, 1.807) is 0 Å². The molecule has 0 saturated heterocycles. The second-order valence-electron chi connectivity index (χ2n) is 3.91. The van der Waals surface area contributed by atoms with Crippen molar-refractivity contribution in [2.24, 2.45) is 0 Å². The Kier molecular flexibility index (Phi) is 5.25. The maximum absolute atomic E-state index is 10.7. The lowest BCUT2D eigenvalue weighted by Gasteiger charge is -2.13. The number of nitro benzene ring substituents is 1. The molecule has 19 heavy (non-hydrogen) atoms. The fourth-order valence-electron chi connectivity index (χ4n) is 1.30. The van der Waals surface area contributed by atoms with E-state index in [0.29, 0.717) is 23.1 Å². The molecule has 1 aromatic carbocycles. The summed E-state index contributed by atoms with van der Waals surface area (Å²) in [5.74, 6) is 0.477. The summed E-state index contributed by atoms with van der Waals surface area (Å²) < 4.78 is 5.12. The molecule has 0 bridgehead atoms. The molecular formula is C12H15N3O3S. The minimum absolute atomic E-state index is 0.0361. The Hall–Kier alpha value is -2.15. The molecule has 0 unspecified atom stereocenters. The molecule has 0 heterocycles. The molecular weight excluding hydrogens is 266 g/mol. The molecule has 0 aliphatic rings. The van der Waals surface area contributed by atoms with Crippen LogP contribution in [0.25, 0.3) is 0 Å². The quantitative estimate of drug-likeness (QED) is 0.374. The van der Waals surface area contributed by atoms with E-state index in [-0.39, 0.29) is 5.69 Å². The highest BCUT2D eigenvalue weighted by Crippen LogP contribution is 2.28. The summed E-state index contributed by atoms with van der Waals surface area (Å²) in [6, 6.07) is 4.25. The monoisotopic (exact) mass is 281 g/mol. The summed E-state index contributed by atoms with van der Waals surface area (Å²) in [5, 5.41) is 16.9. The number of non-ortho nitro benzene ring substituents is 1. The normalized spacial score (nSPS) is 9.58. The zero-order chi connectivity index (χ0) is 14.4. The van der Waals surface area contributed by atoms with Gasteiger partial charge < -0.3 is 15.4 Å². The molecule has 0 aliphatic heterocycles. The van der Waals surface area contributed by atoms with Crippen molar-refractivity contribution in [3.63, 3.8) is 0 Å². The van der Waals surface area contributed by atoms with Crippen LogP contribution in [0.5, 0.6) is 5.75 Å². The second kappa shape index (κ2) is 6.69. The summed E-state index contributed by atoms with van der Waals surface area (Å²) in [5.41, 5.74) is 1.33. The van der Waals surface area contributed by atoms with E-state index < -0.39 is 4.92 Å². The Balaban J connectivity index is 2.85. The van der Waals surface area contributed by atoms with Crippen LogP contribution >= 0.6 is 12.2 Å². The molecule has 1 rings (SSSR count). The Labute approximate surface area is 116 Å². The number of thiocarbonyl (C=S) groups is 1. The van der Waals surface area contributed by atoms with Crippen LogP contribution in [-0.2, 0) is 0 Å². The van der Waals surface area contributed by atoms with Gasteiger partial charge in [0.05, 0.1) is 17.7 Å². The highest BCUT2D eigenvalue weighted by atomic mass is 32.1. The van der Waals surface area contributed by atoms with Crippen LogP contribution in [0.15, 0.2) is 30.4 Å². The van der Waals surface area contributed by atoms with Gasteiger partial charge in [0.1, 0.15) is 5.75 Å². The predicted octanol–water partition coefficient (Wildman–Crippen LogP) is 2.47. The van der Waals surface area contributed by atoms with Crippen LogP contribution in [0.3, 0.4) is 0 Å². The highest BCUT2D eigenvalue weighted by Gasteiger charge is 2.12. The molecule has 0 atom stereocenters. The van der Waals surface area contributed by atoms with Gasteiger partial charge in [-0.25, -0.2) is 0 Å². The van der Waals surface area contributed by atoms with E-state index in [9.17, 15) is 10.1 Å². The molecule has 7 heteroatoms. The Morgan fingerprint density at radius 2 is 2.26 bits per heavy atom. The Morgan fingerprint density at radius 3 is 2.79 bits per heavy atom. The van der Waals surface area contributed by atoms with Gasteiger partial charge in [-0.05, 0) is 25.2 Å². The summed E-state index contributed by atoms with van der Waals surface area (Å²) in [6.45, 7) is 6.14. The minimum atomic E-state index is -0.477. The van der Waals surface area contributed by atoms with Gasteiger partial charge in [-0.2, -0.15) is 0 Å². The molecule has 1 aromatic rings. The lowest BCUT2D eigenvalue weighted by Crippen LogP contribution is -2.29. The van der Waals surface area contributed by atoms with Gasteiger partial charge >= 0.3 is 0 Å². The van der Waals surface area contributed by atoms with Crippen molar-refractivity contribution in [3.8, 4) is 5.75 Å². The first kappa shape index (κ1) is 14.9. The van der Waals surface area contributed by atoms with Gasteiger partial charge in [-0.15, -0.1) is 0 Å². The predicted molar refractivity (Wildman–Crippen MR) is 78.7 cm³/mol. The van der Waals surface area contributed by atoms with Crippen molar-refractivity contribution in [3.05, 3.63) is 40.5 Å². The SMILES string of the molecule is C=C(C)CNC(=S)Nc1cc([N+](=O)[O-])ccc1OC. The third-order valence-electron chi connectivity index (χ3n) is 2.19. The first-order valence-corrected chi connectivity index (χ1v) is 5.86. The number of hydrogen-bond acceptors (Lipinski definition) is 4. The number of nitrogens with zero attached hydrogens (tertiary/aromatic N) is 1. The van der Waals surface area contributed by atoms with Crippen LogP contribution in [-0.4, -0.2) is 23.7 Å². The third kappa shape index (κ3) is 4.55.